The molecule has 0 aromatic heterocycles. The van der Waals surface area contributed by atoms with Gasteiger partial charge in [0.05, 0.1) is 23.7 Å². The average Bonchev–Trinajstić information content (AvgIpc) is 2.41. The Morgan fingerprint density at radius 1 is 1.38 bits per heavy atom. The second kappa shape index (κ2) is 7.09. The summed E-state index contributed by atoms with van der Waals surface area (Å²) in [7, 11) is 0. The number of rotatable bonds is 7. The van der Waals surface area contributed by atoms with Gasteiger partial charge in [-0.25, -0.2) is 0 Å². The Morgan fingerprint density at radius 3 is 2.57 bits per heavy atom. The van der Waals surface area contributed by atoms with E-state index in [2.05, 4.69) is 10.1 Å². The number of nitro groups is 1. The van der Waals surface area contributed by atoms with Crippen LogP contribution in [0.2, 0.25) is 0 Å². The van der Waals surface area contributed by atoms with Gasteiger partial charge in [-0.2, -0.15) is 13.2 Å². The molecule has 0 radical (unpaired) electrons. The van der Waals surface area contributed by atoms with Crippen molar-refractivity contribution in [2.24, 2.45) is 0 Å². The number of aliphatic hydroxyl groups excluding tert-OH is 2. The number of hydrogen-bond donors (Lipinski definition) is 3. The van der Waals surface area contributed by atoms with Crippen LogP contribution in [0.15, 0.2) is 18.2 Å². The monoisotopic (exact) mass is 310 g/mol. The van der Waals surface area contributed by atoms with Crippen LogP contribution < -0.4 is 10.1 Å². The zero-order valence-corrected chi connectivity index (χ0v) is 10.6. The summed E-state index contributed by atoms with van der Waals surface area (Å²) < 4.78 is 40.6. The number of nitrogens with zero attached hydrogens (tertiary/aromatic N) is 1. The second-order valence-electron chi connectivity index (χ2n) is 4.09. The highest BCUT2D eigenvalue weighted by Crippen LogP contribution is 2.27. The van der Waals surface area contributed by atoms with E-state index in [0.717, 1.165) is 18.2 Å². The minimum atomic E-state index is -4.56. The molecule has 0 saturated carbocycles. The van der Waals surface area contributed by atoms with Crippen molar-refractivity contribution >= 4 is 11.4 Å². The summed E-state index contributed by atoms with van der Waals surface area (Å²) in [4.78, 5) is 9.93. The maximum Gasteiger partial charge on any atom is 0.422 e. The number of benzene rings is 1. The zero-order valence-electron chi connectivity index (χ0n) is 10.6. The van der Waals surface area contributed by atoms with Gasteiger partial charge in [-0.05, 0) is 0 Å². The molecule has 7 nitrogen and oxygen atoms in total. The molecule has 0 saturated heterocycles. The van der Waals surface area contributed by atoms with Crippen LogP contribution in [-0.4, -0.2) is 47.2 Å². The van der Waals surface area contributed by atoms with Gasteiger partial charge < -0.3 is 20.3 Å². The number of hydrogen-bond acceptors (Lipinski definition) is 6. The summed E-state index contributed by atoms with van der Waals surface area (Å²) in [5, 5.41) is 31.1. The molecule has 21 heavy (non-hydrogen) atoms. The summed E-state index contributed by atoms with van der Waals surface area (Å²) in [6, 6.07) is 3.06. The fourth-order valence-corrected chi connectivity index (χ4v) is 1.34. The molecule has 1 aromatic rings. The van der Waals surface area contributed by atoms with Gasteiger partial charge in [-0.15, -0.1) is 0 Å². The molecule has 0 aliphatic carbocycles. The molecule has 0 fully saturated rings. The molecule has 0 aliphatic heterocycles. The number of halogens is 3. The Labute approximate surface area is 117 Å². The second-order valence-corrected chi connectivity index (χ2v) is 4.09. The van der Waals surface area contributed by atoms with Crippen LogP contribution in [0.25, 0.3) is 0 Å². The number of alkyl halides is 3. The molecule has 1 aromatic carbocycles. The van der Waals surface area contributed by atoms with E-state index in [-0.39, 0.29) is 18.0 Å². The topological polar surface area (TPSA) is 105 Å². The predicted octanol–water partition coefficient (Wildman–Crippen LogP) is 1.30. The molecule has 1 unspecified atom stereocenters. The molecule has 3 N–H and O–H groups in total. The van der Waals surface area contributed by atoms with Crippen LogP contribution in [0, 0.1) is 10.1 Å². The number of aliphatic hydroxyl groups is 2. The molecule has 118 valence electrons. The van der Waals surface area contributed by atoms with Crippen LogP contribution in [0.1, 0.15) is 0 Å². The van der Waals surface area contributed by atoms with Crippen molar-refractivity contribution < 1.29 is 33.0 Å². The normalized spacial score (nSPS) is 12.8. The summed E-state index contributed by atoms with van der Waals surface area (Å²) in [6.07, 6.45) is -5.67. The minimum Gasteiger partial charge on any atom is -0.484 e. The first-order chi connectivity index (χ1) is 9.71. The lowest BCUT2D eigenvalue weighted by molar-refractivity contribution is -0.384. The molecular weight excluding hydrogens is 297 g/mol. The van der Waals surface area contributed by atoms with E-state index in [4.69, 9.17) is 10.2 Å². The first-order valence-corrected chi connectivity index (χ1v) is 5.73. The molecule has 0 aliphatic rings. The highest BCUT2D eigenvalue weighted by molar-refractivity contribution is 5.56. The summed E-state index contributed by atoms with van der Waals surface area (Å²) >= 11 is 0. The third kappa shape index (κ3) is 6.27. The third-order valence-corrected chi connectivity index (χ3v) is 2.26. The largest absolute Gasteiger partial charge is 0.484 e. The molecule has 0 amide bonds. The molecule has 1 rings (SSSR count). The Kier molecular flexibility index (Phi) is 5.73. The van der Waals surface area contributed by atoms with Gasteiger partial charge >= 0.3 is 6.18 Å². The number of nitrogens with one attached hydrogen (secondary N) is 1. The van der Waals surface area contributed by atoms with Gasteiger partial charge in [-0.3, -0.25) is 10.1 Å². The van der Waals surface area contributed by atoms with Crippen LogP contribution in [0.4, 0.5) is 24.5 Å². The molecule has 0 bridgehead atoms. The van der Waals surface area contributed by atoms with Gasteiger partial charge in [0.25, 0.3) is 5.69 Å². The number of non-ortho nitro benzene ring substituents is 1. The molecule has 0 heterocycles. The fraction of sp³-hybridized carbons (Fsp3) is 0.455. The van der Waals surface area contributed by atoms with Crippen LogP contribution in [0.5, 0.6) is 5.75 Å². The Morgan fingerprint density at radius 2 is 2.05 bits per heavy atom. The number of anilines is 1. The highest BCUT2D eigenvalue weighted by Gasteiger charge is 2.28. The van der Waals surface area contributed by atoms with Crippen LogP contribution >= 0.6 is 0 Å². The first kappa shape index (κ1) is 17.0. The zero-order chi connectivity index (χ0) is 16.0. The fourth-order valence-electron chi connectivity index (χ4n) is 1.34. The lowest BCUT2D eigenvalue weighted by Crippen LogP contribution is -2.23. The van der Waals surface area contributed by atoms with E-state index >= 15 is 0 Å². The lowest BCUT2D eigenvalue weighted by atomic mass is 10.2. The van der Waals surface area contributed by atoms with Crippen molar-refractivity contribution in [3.05, 3.63) is 28.3 Å². The maximum absolute atomic E-state index is 12.1. The number of nitro benzene ring substituents is 1. The van der Waals surface area contributed by atoms with Gasteiger partial charge in [0.15, 0.2) is 6.61 Å². The highest BCUT2D eigenvalue weighted by atomic mass is 19.4. The van der Waals surface area contributed by atoms with Crippen molar-refractivity contribution in [3.8, 4) is 5.75 Å². The SMILES string of the molecule is O=[N+]([O-])c1cc(NCC(O)CO)cc(OCC(F)(F)F)c1. The summed E-state index contributed by atoms with van der Waals surface area (Å²) in [5.41, 5.74) is -0.371. The molecule has 1 atom stereocenters. The van der Waals surface area contributed by atoms with E-state index in [1.54, 1.807) is 0 Å². The molecular formula is C11H13F3N2O5. The quantitative estimate of drug-likeness (QED) is 0.518. The van der Waals surface area contributed by atoms with E-state index < -0.39 is 36.1 Å². The number of ether oxygens (including phenoxy) is 1. The van der Waals surface area contributed by atoms with Gasteiger partial charge in [0.2, 0.25) is 0 Å². The van der Waals surface area contributed by atoms with Gasteiger partial charge in [0, 0.05) is 24.4 Å². The standard InChI is InChI=1S/C11H13F3N2O5/c12-11(13,14)6-21-10-2-7(15-4-9(18)5-17)1-8(3-10)16(19)20/h1-3,9,15,17-18H,4-6H2. The van der Waals surface area contributed by atoms with Crippen molar-refractivity contribution in [3.63, 3.8) is 0 Å². The maximum atomic E-state index is 12.1. The third-order valence-electron chi connectivity index (χ3n) is 2.26. The first-order valence-electron chi connectivity index (χ1n) is 5.73. The summed E-state index contributed by atoms with van der Waals surface area (Å²) in [6.45, 7) is -2.23. The lowest BCUT2D eigenvalue weighted by Gasteiger charge is -2.13. The van der Waals surface area contributed by atoms with E-state index in [1.807, 2.05) is 0 Å². The molecule has 0 spiro atoms. The van der Waals surface area contributed by atoms with Crippen LogP contribution in [-0.2, 0) is 0 Å². The Balaban J connectivity index is 2.87. The van der Waals surface area contributed by atoms with Crippen molar-refractivity contribution in [2.75, 3.05) is 25.1 Å². The smallest absolute Gasteiger partial charge is 0.422 e. The van der Waals surface area contributed by atoms with Crippen molar-refractivity contribution in [2.45, 2.75) is 12.3 Å². The Bertz CT molecular complexity index is 495. The van der Waals surface area contributed by atoms with Crippen molar-refractivity contribution in [1.29, 1.82) is 0 Å². The van der Waals surface area contributed by atoms with Gasteiger partial charge in [0.1, 0.15) is 5.75 Å². The average molecular weight is 310 g/mol. The van der Waals surface area contributed by atoms with Gasteiger partial charge in [-0.1, -0.05) is 0 Å². The van der Waals surface area contributed by atoms with Crippen molar-refractivity contribution in [1.82, 2.24) is 0 Å². The van der Waals surface area contributed by atoms with E-state index in [1.165, 1.54) is 0 Å². The minimum absolute atomic E-state index is 0.0916. The summed E-state index contributed by atoms with van der Waals surface area (Å²) in [5.74, 6) is -0.331. The Hall–Kier alpha value is -2.07. The van der Waals surface area contributed by atoms with E-state index in [9.17, 15) is 23.3 Å². The predicted molar refractivity (Wildman–Crippen MR) is 66.2 cm³/mol. The molecule has 10 heteroatoms. The van der Waals surface area contributed by atoms with Crippen LogP contribution in [0.3, 0.4) is 0 Å². The van der Waals surface area contributed by atoms with E-state index in [0.29, 0.717) is 0 Å².